The molecule has 0 aliphatic carbocycles. The van der Waals surface area contributed by atoms with Gasteiger partial charge in [-0.3, -0.25) is 0 Å². The topological polar surface area (TPSA) is 7.76 Å². The first kappa shape index (κ1) is 17.0. The highest BCUT2D eigenvalue weighted by Gasteiger charge is 2.04. The van der Waals surface area contributed by atoms with Gasteiger partial charge >= 0.3 is 0 Å². The van der Waals surface area contributed by atoms with Gasteiger partial charge in [-0.05, 0) is 29.7 Å². The van der Waals surface area contributed by atoms with Crippen molar-refractivity contribution in [2.75, 3.05) is 5.75 Å². The number of hydrogen-bond acceptors (Lipinski definition) is 1. The van der Waals surface area contributed by atoms with Crippen LogP contribution in [0, 0.1) is 0 Å². The smallest absolute Gasteiger partial charge is 0.169 e. The van der Waals surface area contributed by atoms with E-state index in [1.165, 1.54) is 49.7 Å². The fourth-order valence-electron chi connectivity index (χ4n) is 2.61. The van der Waals surface area contributed by atoms with Crippen molar-refractivity contribution in [3.63, 3.8) is 0 Å². The van der Waals surface area contributed by atoms with E-state index in [0.29, 0.717) is 0 Å². The molecule has 0 spiro atoms. The molecule has 0 aliphatic rings. The van der Waals surface area contributed by atoms with E-state index in [2.05, 4.69) is 70.8 Å². The van der Waals surface area contributed by atoms with Crippen LogP contribution < -0.4 is 9.13 Å². The lowest BCUT2D eigenvalue weighted by molar-refractivity contribution is -0.697. The van der Waals surface area contributed by atoms with Gasteiger partial charge in [0.05, 0.1) is 0 Å². The highest BCUT2D eigenvalue weighted by atomic mass is 32.1. The summed E-state index contributed by atoms with van der Waals surface area (Å²) in [5.41, 5.74) is 2.55. The molecule has 0 amide bonds. The Morgan fingerprint density at radius 3 is 1.82 bits per heavy atom. The molecule has 118 valence electrons. The number of rotatable bonds is 9. The summed E-state index contributed by atoms with van der Waals surface area (Å²) in [6.07, 6.45) is 16.5. The molecule has 0 aromatic carbocycles. The van der Waals surface area contributed by atoms with Gasteiger partial charge in [-0.15, -0.1) is 0 Å². The molecule has 0 fully saturated rings. The van der Waals surface area contributed by atoms with E-state index in [-0.39, 0.29) is 0 Å². The van der Waals surface area contributed by atoms with Gasteiger partial charge in [0.25, 0.3) is 0 Å². The zero-order chi connectivity index (χ0) is 15.6. The minimum atomic E-state index is 1.03. The fraction of sp³-hybridized carbons (Fsp3) is 0.474. The number of pyridine rings is 2. The maximum absolute atomic E-state index is 4.25. The first-order valence-electron chi connectivity index (χ1n) is 8.35. The average Bonchev–Trinajstić information content (AvgIpc) is 2.55. The molecule has 0 N–H and O–H groups in total. The van der Waals surface area contributed by atoms with Gasteiger partial charge in [0.15, 0.2) is 24.8 Å². The average molecular weight is 317 g/mol. The van der Waals surface area contributed by atoms with E-state index in [9.17, 15) is 0 Å². The first-order valence-corrected chi connectivity index (χ1v) is 8.98. The molecule has 2 heterocycles. The summed E-state index contributed by atoms with van der Waals surface area (Å²) in [6, 6.07) is 8.74. The predicted octanol–water partition coefficient (Wildman–Crippen LogP) is 3.74. The van der Waals surface area contributed by atoms with Crippen molar-refractivity contribution in [3.05, 3.63) is 49.1 Å². The van der Waals surface area contributed by atoms with Crippen LogP contribution in [0.3, 0.4) is 0 Å². The summed E-state index contributed by atoms with van der Waals surface area (Å²) < 4.78 is 4.35. The Labute approximate surface area is 140 Å². The minimum Gasteiger partial charge on any atom is -0.208 e. The molecule has 0 saturated heterocycles. The molecule has 2 rings (SSSR count). The number of nitrogens with zero attached hydrogens (tertiary/aromatic N) is 2. The highest BCUT2D eigenvalue weighted by molar-refractivity contribution is 7.80. The normalized spacial score (nSPS) is 10.8. The molecule has 3 heteroatoms. The van der Waals surface area contributed by atoms with Crippen LogP contribution in [0.25, 0.3) is 11.1 Å². The van der Waals surface area contributed by atoms with Crippen LogP contribution in [0.5, 0.6) is 0 Å². The Balaban J connectivity index is 1.74. The molecule has 0 radical (unpaired) electrons. The highest BCUT2D eigenvalue weighted by Crippen LogP contribution is 2.15. The zero-order valence-electron chi connectivity index (χ0n) is 13.6. The third-order valence-corrected chi connectivity index (χ3v) is 4.34. The van der Waals surface area contributed by atoms with Crippen molar-refractivity contribution in [2.24, 2.45) is 7.05 Å². The Hall–Kier alpha value is -1.35. The molecule has 2 nitrogen and oxygen atoms in total. The van der Waals surface area contributed by atoms with Crippen LogP contribution in [0.4, 0.5) is 0 Å². The number of unbranched alkanes of at least 4 members (excludes halogenated alkanes) is 5. The maximum atomic E-state index is 4.25. The number of hydrogen-bond donors (Lipinski definition) is 1. The fourth-order valence-corrected chi connectivity index (χ4v) is 2.83. The van der Waals surface area contributed by atoms with Gasteiger partial charge < -0.3 is 0 Å². The standard InChI is InChI=1S/C19H27N2S/c1-20-13-8-18(9-14-20)19-10-15-21(16-11-19)12-6-4-2-3-5-7-17-22/h8-11,13-16H,2-7,12,17H2,1H3/q+1/p+1. The minimum absolute atomic E-state index is 1.03. The van der Waals surface area contributed by atoms with Crippen LogP contribution in [-0.2, 0) is 13.6 Å². The second-order valence-corrected chi connectivity index (χ2v) is 6.37. The Bertz CT molecular complexity index is 534. The number of aryl methyl sites for hydroxylation is 2. The molecule has 0 unspecified atom stereocenters. The van der Waals surface area contributed by atoms with Crippen molar-refractivity contribution in [3.8, 4) is 11.1 Å². The van der Waals surface area contributed by atoms with Crippen LogP contribution in [0.1, 0.15) is 38.5 Å². The second kappa shape index (κ2) is 9.62. The van der Waals surface area contributed by atoms with E-state index in [1.807, 2.05) is 7.05 Å². The lowest BCUT2D eigenvalue weighted by atomic mass is 10.1. The van der Waals surface area contributed by atoms with Crippen molar-refractivity contribution < 1.29 is 9.13 Å². The maximum Gasteiger partial charge on any atom is 0.169 e. The summed E-state index contributed by atoms with van der Waals surface area (Å²) in [5.74, 6) is 1.03. The third kappa shape index (κ3) is 5.80. The van der Waals surface area contributed by atoms with Gasteiger partial charge in [0, 0.05) is 30.7 Å². The molecular weight excluding hydrogens is 288 g/mol. The van der Waals surface area contributed by atoms with Gasteiger partial charge in [-0.1, -0.05) is 19.3 Å². The molecule has 2 aromatic rings. The van der Waals surface area contributed by atoms with Gasteiger partial charge in [0.2, 0.25) is 0 Å². The molecule has 2 aromatic heterocycles. The SMILES string of the molecule is C[n+]1ccc(-c2cc[n+](CCCCCCCCS)cc2)cc1. The summed E-state index contributed by atoms with van der Waals surface area (Å²) >= 11 is 4.25. The summed E-state index contributed by atoms with van der Waals surface area (Å²) in [4.78, 5) is 0. The van der Waals surface area contributed by atoms with Gasteiger partial charge in [-0.25, -0.2) is 9.13 Å². The monoisotopic (exact) mass is 316 g/mol. The summed E-state index contributed by atoms with van der Waals surface area (Å²) in [5, 5.41) is 0. The van der Waals surface area contributed by atoms with Crippen LogP contribution in [-0.4, -0.2) is 5.75 Å². The van der Waals surface area contributed by atoms with Crippen LogP contribution in [0.15, 0.2) is 49.1 Å². The number of aromatic nitrogens is 2. The quantitative estimate of drug-likeness (QED) is 0.409. The number of thiol groups is 1. The Morgan fingerprint density at radius 1 is 0.727 bits per heavy atom. The lowest BCUT2D eigenvalue weighted by Crippen LogP contribution is -2.32. The van der Waals surface area contributed by atoms with E-state index < -0.39 is 0 Å². The predicted molar refractivity (Wildman–Crippen MR) is 94.8 cm³/mol. The summed E-state index contributed by atoms with van der Waals surface area (Å²) in [6.45, 7) is 1.12. The third-order valence-electron chi connectivity index (χ3n) is 4.03. The van der Waals surface area contributed by atoms with Crippen molar-refractivity contribution >= 4 is 12.6 Å². The molecule has 0 aliphatic heterocycles. The van der Waals surface area contributed by atoms with E-state index in [1.54, 1.807) is 0 Å². The lowest BCUT2D eigenvalue weighted by Gasteiger charge is -2.01. The van der Waals surface area contributed by atoms with Gasteiger partial charge in [-0.2, -0.15) is 12.6 Å². The van der Waals surface area contributed by atoms with Crippen LogP contribution in [0.2, 0.25) is 0 Å². The van der Waals surface area contributed by atoms with Gasteiger partial charge in [0.1, 0.15) is 13.6 Å². The Kier molecular flexibility index (Phi) is 7.44. The van der Waals surface area contributed by atoms with Crippen molar-refractivity contribution in [1.82, 2.24) is 0 Å². The van der Waals surface area contributed by atoms with E-state index in [0.717, 1.165) is 12.3 Å². The largest absolute Gasteiger partial charge is 0.208 e. The first-order chi connectivity index (χ1) is 10.8. The second-order valence-electron chi connectivity index (χ2n) is 5.92. The van der Waals surface area contributed by atoms with E-state index >= 15 is 0 Å². The molecular formula is C19H28N2S+2. The summed E-state index contributed by atoms with van der Waals surface area (Å²) in [7, 11) is 2.04. The molecule has 0 atom stereocenters. The molecule has 0 bridgehead atoms. The Morgan fingerprint density at radius 2 is 1.23 bits per heavy atom. The van der Waals surface area contributed by atoms with Crippen molar-refractivity contribution in [1.29, 1.82) is 0 Å². The zero-order valence-corrected chi connectivity index (χ0v) is 14.5. The van der Waals surface area contributed by atoms with E-state index in [4.69, 9.17) is 0 Å². The van der Waals surface area contributed by atoms with Crippen LogP contribution >= 0.6 is 12.6 Å². The molecule has 0 saturated carbocycles. The molecule has 22 heavy (non-hydrogen) atoms. The van der Waals surface area contributed by atoms with Crippen molar-refractivity contribution in [2.45, 2.75) is 45.1 Å².